The zero-order valence-corrected chi connectivity index (χ0v) is 21.3. The van der Waals surface area contributed by atoms with Crippen LogP contribution >= 0.6 is 0 Å². The van der Waals surface area contributed by atoms with E-state index < -0.39 is 11.6 Å². The van der Waals surface area contributed by atoms with E-state index in [2.05, 4.69) is 0 Å². The number of hydrogen-bond donors (Lipinski definition) is 3. The van der Waals surface area contributed by atoms with Crippen LogP contribution in [0.25, 0.3) is 0 Å². The Bertz CT molecular complexity index is 1270. The summed E-state index contributed by atoms with van der Waals surface area (Å²) in [5.74, 6) is 0.887. The number of phenolic OH excluding ortho intramolecular Hbond substituents is 1. The topological polar surface area (TPSA) is 109 Å². The van der Waals surface area contributed by atoms with Crippen molar-refractivity contribution < 1.29 is 29.2 Å². The normalized spacial score (nSPS) is 16.4. The maximum atomic E-state index is 11.5. The molecule has 3 aromatic rings. The summed E-state index contributed by atoms with van der Waals surface area (Å²) < 4.78 is 17.6. The lowest BCUT2D eigenvalue weighted by Crippen LogP contribution is -2.44. The van der Waals surface area contributed by atoms with Crippen LogP contribution in [0.15, 0.2) is 60.7 Å². The molecule has 1 aliphatic heterocycles. The van der Waals surface area contributed by atoms with Crippen LogP contribution in [0, 0.1) is 5.41 Å². The van der Waals surface area contributed by atoms with E-state index in [1.807, 2.05) is 55.5 Å². The Balaban J connectivity index is 1.35. The molecule has 4 rings (SSSR count). The third-order valence-electron chi connectivity index (χ3n) is 6.58. The van der Waals surface area contributed by atoms with Crippen molar-refractivity contribution in [3.05, 3.63) is 82.9 Å². The highest BCUT2D eigenvalue weighted by Crippen LogP contribution is 2.36. The monoisotopic (exact) mass is 503 g/mol. The molecule has 1 atom stereocenters. The van der Waals surface area contributed by atoms with Crippen LogP contribution in [-0.4, -0.2) is 40.7 Å². The van der Waals surface area contributed by atoms with Crippen molar-refractivity contribution in [2.75, 3.05) is 13.2 Å². The van der Waals surface area contributed by atoms with Crippen LogP contribution < -0.4 is 14.2 Å². The Hall–Kier alpha value is -4.00. The zero-order chi connectivity index (χ0) is 26.4. The number of hydrogen-bond acceptors (Lipinski definition) is 6. The first kappa shape index (κ1) is 26.1. The Morgan fingerprint density at radius 1 is 1.08 bits per heavy atom. The second-order valence-electron chi connectivity index (χ2n) is 9.39. The van der Waals surface area contributed by atoms with E-state index in [1.54, 1.807) is 19.1 Å². The molecule has 0 aliphatic carbocycles. The average Bonchev–Trinajstić information content (AvgIpc) is 2.90. The van der Waals surface area contributed by atoms with Crippen molar-refractivity contribution in [2.45, 2.75) is 51.6 Å². The van der Waals surface area contributed by atoms with E-state index in [9.17, 15) is 15.0 Å². The molecular formula is C30H33NO6. The molecule has 0 spiro atoms. The third kappa shape index (κ3) is 5.88. The average molecular weight is 504 g/mol. The first-order valence-electron chi connectivity index (χ1n) is 12.6. The van der Waals surface area contributed by atoms with Crippen molar-refractivity contribution in [3.8, 4) is 23.0 Å². The van der Waals surface area contributed by atoms with Crippen LogP contribution in [-0.2, 0) is 17.6 Å². The summed E-state index contributed by atoms with van der Waals surface area (Å²) in [4.78, 5) is 11.5. The number of phenols is 1. The molecule has 0 aromatic heterocycles. The van der Waals surface area contributed by atoms with E-state index in [-0.39, 0.29) is 11.5 Å². The summed E-state index contributed by atoms with van der Waals surface area (Å²) in [5, 5.41) is 28.9. The van der Waals surface area contributed by atoms with Gasteiger partial charge < -0.3 is 24.4 Å². The zero-order valence-electron chi connectivity index (χ0n) is 21.3. The molecule has 0 saturated carbocycles. The Morgan fingerprint density at radius 3 is 2.57 bits per heavy atom. The van der Waals surface area contributed by atoms with Gasteiger partial charge in [0.25, 0.3) is 0 Å². The third-order valence-corrected chi connectivity index (χ3v) is 6.58. The van der Waals surface area contributed by atoms with Gasteiger partial charge in [-0.2, -0.15) is 0 Å². The number of benzene rings is 3. The van der Waals surface area contributed by atoms with Crippen LogP contribution in [0.2, 0.25) is 0 Å². The Morgan fingerprint density at radius 2 is 1.84 bits per heavy atom. The number of ether oxygens (including phenoxy) is 3. The van der Waals surface area contributed by atoms with Gasteiger partial charge in [-0.05, 0) is 43.5 Å². The van der Waals surface area contributed by atoms with Gasteiger partial charge in [0.05, 0.1) is 18.9 Å². The molecule has 1 aliphatic rings. The molecule has 7 nitrogen and oxygen atoms in total. The standard InChI is InChI=1S/C30H33NO6/c1-3-8-23-25(14-13-24(28(23)32)27(31)21-9-5-4-6-10-21)36-18-7-17-35-22-12-11-20-15-16-30(2,29(33)34)37-26(20)19-22/h4-6,9-14,19,31-32H,3,7-8,15-18H2,1-2H3,(H,33,34). The molecular weight excluding hydrogens is 470 g/mol. The number of nitrogens with one attached hydrogen (secondary N) is 1. The number of aromatic hydroxyl groups is 1. The number of aliphatic carboxylic acids is 1. The summed E-state index contributed by atoms with van der Waals surface area (Å²) in [7, 11) is 0. The summed E-state index contributed by atoms with van der Waals surface area (Å²) >= 11 is 0. The van der Waals surface area contributed by atoms with Crippen LogP contribution in [0.1, 0.15) is 55.4 Å². The minimum Gasteiger partial charge on any atom is -0.507 e. The molecule has 194 valence electrons. The second kappa shape index (κ2) is 11.4. The van der Waals surface area contributed by atoms with E-state index in [0.717, 1.165) is 17.5 Å². The van der Waals surface area contributed by atoms with Crippen LogP contribution in [0.4, 0.5) is 0 Å². The Kier molecular flexibility index (Phi) is 8.01. The van der Waals surface area contributed by atoms with Crippen LogP contribution in [0.3, 0.4) is 0 Å². The minimum absolute atomic E-state index is 0.0897. The Labute approximate surface area is 217 Å². The molecule has 0 bridgehead atoms. The fourth-order valence-corrected chi connectivity index (χ4v) is 4.38. The quantitative estimate of drug-likeness (QED) is 0.226. The van der Waals surface area contributed by atoms with Gasteiger partial charge in [0, 0.05) is 35.6 Å². The van der Waals surface area contributed by atoms with Gasteiger partial charge in [-0.15, -0.1) is 0 Å². The second-order valence-corrected chi connectivity index (χ2v) is 9.39. The summed E-state index contributed by atoms with van der Waals surface area (Å²) in [6.07, 6.45) is 3.15. The molecule has 1 unspecified atom stereocenters. The lowest BCUT2D eigenvalue weighted by atomic mass is 9.93. The van der Waals surface area contributed by atoms with Gasteiger partial charge in [0.2, 0.25) is 5.60 Å². The first-order chi connectivity index (χ1) is 17.8. The molecule has 37 heavy (non-hydrogen) atoms. The molecule has 1 heterocycles. The summed E-state index contributed by atoms with van der Waals surface area (Å²) in [5.41, 5.74) is 1.95. The molecule has 0 amide bonds. The SMILES string of the molecule is CCCc1c(OCCCOc2ccc3c(c2)OC(C)(C(=O)O)CC3)ccc(C(=N)c2ccccc2)c1O. The highest BCUT2D eigenvalue weighted by molar-refractivity contribution is 6.12. The number of fused-ring (bicyclic) bond motifs is 1. The van der Waals surface area contributed by atoms with E-state index in [4.69, 9.17) is 19.6 Å². The van der Waals surface area contributed by atoms with Crippen molar-refractivity contribution in [1.29, 1.82) is 5.41 Å². The molecule has 0 fully saturated rings. The van der Waals surface area contributed by atoms with Crippen molar-refractivity contribution in [1.82, 2.24) is 0 Å². The van der Waals surface area contributed by atoms with Gasteiger partial charge in [0.1, 0.15) is 23.0 Å². The fourth-order valence-electron chi connectivity index (χ4n) is 4.38. The maximum Gasteiger partial charge on any atom is 0.347 e. The van der Waals surface area contributed by atoms with Gasteiger partial charge in [0.15, 0.2) is 0 Å². The molecule has 7 heteroatoms. The molecule has 0 saturated heterocycles. The predicted molar refractivity (Wildman–Crippen MR) is 142 cm³/mol. The number of rotatable bonds is 11. The highest BCUT2D eigenvalue weighted by Gasteiger charge is 2.39. The number of carbonyl (C=O) groups is 1. The number of carboxylic acid groups (broad SMARTS) is 1. The van der Waals surface area contributed by atoms with Gasteiger partial charge >= 0.3 is 5.97 Å². The van der Waals surface area contributed by atoms with E-state index >= 15 is 0 Å². The largest absolute Gasteiger partial charge is 0.507 e. The van der Waals surface area contributed by atoms with Gasteiger partial charge in [-0.1, -0.05) is 49.7 Å². The number of aryl methyl sites for hydroxylation is 1. The summed E-state index contributed by atoms with van der Waals surface area (Å²) in [6, 6.07) is 18.4. The minimum atomic E-state index is -1.23. The van der Waals surface area contributed by atoms with E-state index in [1.165, 1.54) is 0 Å². The van der Waals surface area contributed by atoms with Gasteiger partial charge in [-0.3, -0.25) is 5.41 Å². The lowest BCUT2D eigenvalue weighted by Gasteiger charge is -2.32. The maximum absolute atomic E-state index is 11.5. The van der Waals surface area contributed by atoms with Crippen molar-refractivity contribution >= 4 is 11.7 Å². The van der Waals surface area contributed by atoms with E-state index in [0.29, 0.717) is 67.3 Å². The highest BCUT2D eigenvalue weighted by atomic mass is 16.5. The van der Waals surface area contributed by atoms with Crippen LogP contribution in [0.5, 0.6) is 23.0 Å². The lowest BCUT2D eigenvalue weighted by molar-refractivity contribution is -0.155. The molecule has 3 aromatic carbocycles. The fraction of sp³-hybridized carbons (Fsp3) is 0.333. The predicted octanol–water partition coefficient (Wildman–Crippen LogP) is 5.78. The molecule has 0 radical (unpaired) electrons. The first-order valence-corrected chi connectivity index (χ1v) is 12.6. The number of carboxylic acids is 1. The smallest absolute Gasteiger partial charge is 0.347 e. The molecule has 3 N–H and O–H groups in total. The summed E-state index contributed by atoms with van der Waals surface area (Å²) in [6.45, 7) is 4.42. The van der Waals surface area contributed by atoms with Crippen molar-refractivity contribution in [2.24, 2.45) is 0 Å². The van der Waals surface area contributed by atoms with Crippen molar-refractivity contribution in [3.63, 3.8) is 0 Å². The van der Waals surface area contributed by atoms with Gasteiger partial charge in [-0.25, -0.2) is 4.79 Å².